The smallest absolute Gasteiger partial charge is 0.317 e. The second kappa shape index (κ2) is 5.55. The zero-order chi connectivity index (χ0) is 17.6. The number of fused-ring (bicyclic) bond motifs is 1. The van der Waals surface area contributed by atoms with E-state index in [0.29, 0.717) is 12.4 Å². The quantitative estimate of drug-likeness (QED) is 0.622. The third-order valence-corrected chi connectivity index (χ3v) is 3.74. The lowest BCUT2D eigenvalue weighted by molar-refractivity contribution is -0.138. The van der Waals surface area contributed by atoms with Crippen LogP contribution in [-0.4, -0.2) is 14.5 Å². The maximum absolute atomic E-state index is 14.3. The maximum Gasteiger partial charge on any atom is 0.419 e. The summed E-state index contributed by atoms with van der Waals surface area (Å²) in [5, 5.41) is 0.512. The highest BCUT2D eigenvalue weighted by Crippen LogP contribution is 2.31. The molecule has 0 N–H and O–H groups in total. The van der Waals surface area contributed by atoms with Crippen LogP contribution < -0.4 is 5.56 Å². The summed E-state index contributed by atoms with van der Waals surface area (Å²) in [6.07, 6.45) is -2.09. The number of pyridine rings is 1. The Bertz CT molecular complexity index is 997. The fourth-order valence-corrected chi connectivity index (χ4v) is 2.52. The fourth-order valence-electron chi connectivity index (χ4n) is 2.22. The van der Waals surface area contributed by atoms with E-state index in [0.717, 1.165) is 6.07 Å². The zero-order valence-corrected chi connectivity index (χ0v) is 12.8. The molecule has 2 heterocycles. The van der Waals surface area contributed by atoms with E-state index in [2.05, 4.69) is 9.97 Å². The minimum atomic E-state index is -4.59. The molecule has 0 amide bonds. The van der Waals surface area contributed by atoms with E-state index in [1.54, 1.807) is 0 Å². The molecule has 0 aliphatic rings. The van der Waals surface area contributed by atoms with E-state index in [9.17, 15) is 22.4 Å². The minimum absolute atomic E-state index is 0.0539. The maximum atomic E-state index is 14.3. The lowest BCUT2D eigenvalue weighted by Crippen LogP contribution is -2.16. The first-order valence-corrected chi connectivity index (χ1v) is 6.94. The SMILES string of the molecule is Cn1cc(Cl)c2cc(-c3ncc(C(F)(F)F)cn3)c(F)cc2c1=O. The molecule has 4 nitrogen and oxygen atoms in total. The van der Waals surface area contributed by atoms with Gasteiger partial charge in [-0.2, -0.15) is 13.2 Å². The molecular formula is C15H8ClF4N3O. The van der Waals surface area contributed by atoms with Crippen LogP contribution in [-0.2, 0) is 13.2 Å². The van der Waals surface area contributed by atoms with Gasteiger partial charge in [-0.25, -0.2) is 14.4 Å². The van der Waals surface area contributed by atoms with Gasteiger partial charge in [0.1, 0.15) is 5.82 Å². The average Bonchev–Trinajstić information content (AvgIpc) is 2.51. The average molecular weight is 358 g/mol. The lowest BCUT2D eigenvalue weighted by atomic mass is 10.1. The van der Waals surface area contributed by atoms with Gasteiger partial charge in [-0.05, 0) is 12.1 Å². The number of benzene rings is 1. The van der Waals surface area contributed by atoms with E-state index in [1.807, 2.05) is 0 Å². The molecule has 24 heavy (non-hydrogen) atoms. The van der Waals surface area contributed by atoms with Crippen LogP contribution in [0.3, 0.4) is 0 Å². The monoisotopic (exact) mass is 357 g/mol. The largest absolute Gasteiger partial charge is 0.419 e. The Morgan fingerprint density at radius 2 is 1.75 bits per heavy atom. The van der Waals surface area contributed by atoms with Gasteiger partial charge in [0.05, 0.1) is 21.5 Å². The molecule has 3 rings (SSSR count). The second-order valence-electron chi connectivity index (χ2n) is 5.06. The summed E-state index contributed by atoms with van der Waals surface area (Å²) in [7, 11) is 1.47. The van der Waals surface area contributed by atoms with Crippen LogP contribution in [0.25, 0.3) is 22.2 Å². The molecule has 0 spiro atoms. The summed E-state index contributed by atoms with van der Waals surface area (Å²) < 4.78 is 53.1. The van der Waals surface area contributed by atoms with Gasteiger partial charge in [0.25, 0.3) is 5.56 Å². The number of hydrogen-bond acceptors (Lipinski definition) is 3. The molecule has 0 saturated carbocycles. The fraction of sp³-hybridized carbons (Fsp3) is 0.133. The highest BCUT2D eigenvalue weighted by molar-refractivity contribution is 6.35. The first-order chi connectivity index (χ1) is 11.2. The number of nitrogens with zero attached hydrogens (tertiary/aromatic N) is 3. The minimum Gasteiger partial charge on any atom is -0.317 e. The summed E-state index contributed by atoms with van der Waals surface area (Å²) in [5.74, 6) is -1.07. The first kappa shape index (κ1) is 16.4. The molecule has 0 fully saturated rings. The summed E-state index contributed by atoms with van der Waals surface area (Å²) in [5.41, 5.74) is -1.64. The van der Waals surface area contributed by atoms with Crippen LogP contribution in [0.1, 0.15) is 5.56 Å². The zero-order valence-electron chi connectivity index (χ0n) is 12.0. The van der Waals surface area contributed by atoms with E-state index in [1.165, 1.54) is 23.9 Å². The topological polar surface area (TPSA) is 47.8 Å². The van der Waals surface area contributed by atoms with Crippen LogP contribution in [0.5, 0.6) is 0 Å². The van der Waals surface area contributed by atoms with Crippen LogP contribution in [0.2, 0.25) is 5.02 Å². The van der Waals surface area contributed by atoms with Crippen molar-refractivity contribution in [3.05, 3.63) is 57.5 Å². The van der Waals surface area contributed by atoms with Gasteiger partial charge < -0.3 is 4.57 Å². The van der Waals surface area contributed by atoms with Crippen molar-refractivity contribution in [2.75, 3.05) is 0 Å². The molecule has 0 bridgehead atoms. The van der Waals surface area contributed by atoms with Crippen molar-refractivity contribution in [2.24, 2.45) is 7.05 Å². The molecule has 2 aromatic heterocycles. The summed E-state index contributed by atoms with van der Waals surface area (Å²) >= 11 is 6.06. The Morgan fingerprint density at radius 3 is 2.33 bits per heavy atom. The van der Waals surface area contributed by atoms with Crippen LogP contribution in [0.4, 0.5) is 17.6 Å². The second-order valence-corrected chi connectivity index (χ2v) is 5.47. The third-order valence-electron chi connectivity index (χ3n) is 3.44. The number of halogens is 5. The first-order valence-electron chi connectivity index (χ1n) is 6.56. The molecule has 9 heteroatoms. The predicted octanol–water partition coefficient (Wildman–Crippen LogP) is 3.81. The van der Waals surface area contributed by atoms with Gasteiger partial charge in [0.15, 0.2) is 5.82 Å². The van der Waals surface area contributed by atoms with Crippen LogP contribution in [0.15, 0.2) is 35.5 Å². The summed E-state index contributed by atoms with van der Waals surface area (Å²) in [6.45, 7) is 0. The van der Waals surface area contributed by atoms with Gasteiger partial charge in [0, 0.05) is 31.0 Å². The van der Waals surface area contributed by atoms with E-state index in [4.69, 9.17) is 11.6 Å². The molecule has 0 aliphatic heterocycles. The highest BCUT2D eigenvalue weighted by Gasteiger charge is 2.31. The number of aryl methyl sites for hydroxylation is 1. The van der Waals surface area contributed by atoms with Gasteiger partial charge in [0.2, 0.25) is 0 Å². The Hall–Kier alpha value is -2.48. The van der Waals surface area contributed by atoms with Crippen molar-refractivity contribution in [2.45, 2.75) is 6.18 Å². The van der Waals surface area contributed by atoms with E-state index in [-0.39, 0.29) is 27.2 Å². The number of rotatable bonds is 1. The van der Waals surface area contributed by atoms with Crippen LogP contribution >= 0.6 is 11.6 Å². The molecule has 0 aliphatic carbocycles. The molecule has 0 saturated heterocycles. The Kier molecular flexibility index (Phi) is 3.79. The number of hydrogen-bond donors (Lipinski definition) is 0. The van der Waals surface area contributed by atoms with E-state index < -0.39 is 23.1 Å². The molecule has 3 aromatic rings. The number of aromatic nitrogens is 3. The van der Waals surface area contributed by atoms with Gasteiger partial charge >= 0.3 is 6.18 Å². The van der Waals surface area contributed by atoms with Gasteiger partial charge in [-0.3, -0.25) is 4.79 Å². The van der Waals surface area contributed by atoms with Gasteiger partial charge in [-0.1, -0.05) is 11.6 Å². The Morgan fingerprint density at radius 1 is 1.12 bits per heavy atom. The third kappa shape index (κ3) is 2.73. The Balaban J connectivity index is 2.20. The molecule has 124 valence electrons. The number of alkyl halides is 3. The normalized spacial score (nSPS) is 11.9. The van der Waals surface area contributed by atoms with Crippen molar-refractivity contribution in [3.63, 3.8) is 0 Å². The molecular weight excluding hydrogens is 350 g/mol. The van der Waals surface area contributed by atoms with Gasteiger partial charge in [-0.15, -0.1) is 0 Å². The van der Waals surface area contributed by atoms with Crippen LogP contribution in [0, 0.1) is 5.82 Å². The molecule has 0 atom stereocenters. The van der Waals surface area contributed by atoms with Crippen molar-refractivity contribution in [3.8, 4) is 11.4 Å². The molecule has 0 radical (unpaired) electrons. The molecule has 1 aromatic carbocycles. The predicted molar refractivity (Wildman–Crippen MR) is 80.2 cm³/mol. The van der Waals surface area contributed by atoms with Crippen molar-refractivity contribution < 1.29 is 17.6 Å². The van der Waals surface area contributed by atoms with Crippen molar-refractivity contribution >= 4 is 22.4 Å². The summed E-state index contributed by atoms with van der Waals surface area (Å²) in [4.78, 5) is 19.1. The van der Waals surface area contributed by atoms with Crippen molar-refractivity contribution in [1.82, 2.24) is 14.5 Å². The van der Waals surface area contributed by atoms with Crippen molar-refractivity contribution in [1.29, 1.82) is 0 Å². The Labute approximate surface area is 137 Å². The highest BCUT2D eigenvalue weighted by atomic mass is 35.5. The standard InChI is InChI=1S/C15H8ClF4N3O/c1-23-6-11(16)8-2-10(12(17)3-9(8)14(23)24)13-21-4-7(5-22-13)15(18,19)20/h2-6H,1H3. The molecule has 0 unspecified atom stereocenters. The lowest BCUT2D eigenvalue weighted by Gasteiger charge is -2.09. The van der Waals surface area contributed by atoms with E-state index >= 15 is 0 Å². The summed E-state index contributed by atoms with van der Waals surface area (Å²) in [6, 6.07) is 2.22.